The molecule has 1 aliphatic heterocycles. The SMILES string of the molecule is Cn1cnc(-c2cc(C(=O)N3CCOCC3)c3ccccn23)c1. The number of amides is 1. The van der Waals surface area contributed by atoms with Crippen LogP contribution in [0.15, 0.2) is 43.0 Å². The monoisotopic (exact) mass is 310 g/mol. The fourth-order valence-corrected chi connectivity index (χ4v) is 3.00. The summed E-state index contributed by atoms with van der Waals surface area (Å²) in [7, 11) is 1.94. The average molecular weight is 310 g/mol. The molecule has 1 aliphatic rings. The minimum absolute atomic E-state index is 0.0548. The van der Waals surface area contributed by atoms with E-state index in [1.54, 1.807) is 6.33 Å². The Kier molecular flexibility index (Phi) is 3.38. The highest BCUT2D eigenvalue weighted by Gasteiger charge is 2.23. The van der Waals surface area contributed by atoms with Gasteiger partial charge < -0.3 is 18.6 Å². The van der Waals surface area contributed by atoms with Gasteiger partial charge in [-0.15, -0.1) is 0 Å². The zero-order valence-electron chi connectivity index (χ0n) is 13.0. The molecule has 4 heterocycles. The number of rotatable bonds is 2. The number of nitrogens with zero attached hydrogens (tertiary/aromatic N) is 4. The number of pyridine rings is 1. The van der Waals surface area contributed by atoms with Gasteiger partial charge in [-0.25, -0.2) is 4.98 Å². The number of ether oxygens (including phenoxy) is 1. The molecular weight excluding hydrogens is 292 g/mol. The molecule has 3 aromatic heterocycles. The van der Waals surface area contributed by atoms with Crippen LogP contribution in [0.1, 0.15) is 10.4 Å². The number of morpholine rings is 1. The number of carbonyl (C=O) groups excluding carboxylic acids is 1. The summed E-state index contributed by atoms with van der Waals surface area (Å²) in [4.78, 5) is 19.2. The molecule has 0 atom stereocenters. The second-order valence-corrected chi connectivity index (χ2v) is 5.73. The second kappa shape index (κ2) is 5.55. The minimum Gasteiger partial charge on any atom is -0.378 e. The van der Waals surface area contributed by atoms with E-state index in [0.29, 0.717) is 31.9 Å². The molecule has 23 heavy (non-hydrogen) atoms. The maximum absolute atomic E-state index is 12.9. The summed E-state index contributed by atoms with van der Waals surface area (Å²) in [6.45, 7) is 2.49. The van der Waals surface area contributed by atoms with E-state index in [0.717, 1.165) is 16.9 Å². The van der Waals surface area contributed by atoms with Crippen molar-refractivity contribution >= 4 is 11.4 Å². The summed E-state index contributed by atoms with van der Waals surface area (Å²) in [6.07, 6.45) is 5.69. The molecule has 6 heteroatoms. The zero-order chi connectivity index (χ0) is 15.8. The lowest BCUT2D eigenvalue weighted by Gasteiger charge is -2.26. The summed E-state index contributed by atoms with van der Waals surface area (Å²) >= 11 is 0. The van der Waals surface area contributed by atoms with Crippen LogP contribution in [-0.2, 0) is 11.8 Å². The van der Waals surface area contributed by atoms with Gasteiger partial charge in [-0.3, -0.25) is 4.79 Å². The summed E-state index contributed by atoms with van der Waals surface area (Å²) in [6, 6.07) is 7.83. The Labute approximate surface area is 133 Å². The number of hydrogen-bond donors (Lipinski definition) is 0. The number of fused-ring (bicyclic) bond motifs is 1. The molecule has 0 N–H and O–H groups in total. The Morgan fingerprint density at radius 1 is 1.26 bits per heavy atom. The van der Waals surface area contributed by atoms with Gasteiger partial charge in [0, 0.05) is 32.5 Å². The van der Waals surface area contributed by atoms with Crippen molar-refractivity contribution in [1.82, 2.24) is 18.9 Å². The number of hydrogen-bond acceptors (Lipinski definition) is 3. The molecule has 118 valence electrons. The van der Waals surface area contributed by atoms with E-state index in [1.165, 1.54) is 0 Å². The van der Waals surface area contributed by atoms with Crippen LogP contribution in [0.3, 0.4) is 0 Å². The number of imidazole rings is 1. The number of aryl methyl sites for hydroxylation is 1. The predicted octanol–water partition coefficient (Wildman–Crippen LogP) is 1.81. The molecule has 1 fully saturated rings. The van der Waals surface area contributed by atoms with Crippen LogP contribution in [-0.4, -0.2) is 51.1 Å². The fourth-order valence-electron chi connectivity index (χ4n) is 3.00. The Bertz CT molecular complexity index is 858. The normalized spacial score (nSPS) is 15.3. The van der Waals surface area contributed by atoms with Crippen molar-refractivity contribution in [3.63, 3.8) is 0 Å². The lowest BCUT2D eigenvalue weighted by Crippen LogP contribution is -2.40. The zero-order valence-corrected chi connectivity index (χ0v) is 13.0. The van der Waals surface area contributed by atoms with Crippen molar-refractivity contribution in [2.24, 2.45) is 7.05 Å². The van der Waals surface area contributed by atoms with Gasteiger partial charge in [0.15, 0.2) is 0 Å². The Hall–Kier alpha value is -2.60. The van der Waals surface area contributed by atoms with E-state index in [2.05, 4.69) is 4.98 Å². The summed E-state index contributed by atoms with van der Waals surface area (Å²) in [5, 5.41) is 0. The first-order chi connectivity index (χ1) is 11.2. The topological polar surface area (TPSA) is 51.8 Å². The highest BCUT2D eigenvalue weighted by atomic mass is 16.5. The average Bonchev–Trinajstić information content (AvgIpc) is 3.19. The second-order valence-electron chi connectivity index (χ2n) is 5.73. The van der Waals surface area contributed by atoms with Crippen LogP contribution in [0, 0.1) is 0 Å². The molecule has 0 bridgehead atoms. The first-order valence-corrected chi connectivity index (χ1v) is 7.69. The van der Waals surface area contributed by atoms with Crippen LogP contribution in [0.2, 0.25) is 0 Å². The van der Waals surface area contributed by atoms with Gasteiger partial charge in [0.1, 0.15) is 5.69 Å². The molecule has 4 rings (SSSR count). The molecule has 0 spiro atoms. The lowest BCUT2D eigenvalue weighted by atomic mass is 10.2. The van der Waals surface area contributed by atoms with Crippen molar-refractivity contribution in [1.29, 1.82) is 0 Å². The van der Waals surface area contributed by atoms with E-state index in [9.17, 15) is 4.79 Å². The van der Waals surface area contributed by atoms with Gasteiger partial charge in [0.05, 0.1) is 36.3 Å². The first-order valence-electron chi connectivity index (χ1n) is 7.69. The molecule has 0 aromatic carbocycles. The third-order valence-electron chi connectivity index (χ3n) is 4.17. The largest absolute Gasteiger partial charge is 0.378 e. The Balaban J connectivity index is 1.82. The quantitative estimate of drug-likeness (QED) is 0.725. The van der Waals surface area contributed by atoms with Crippen molar-refractivity contribution in [3.05, 3.63) is 48.5 Å². The van der Waals surface area contributed by atoms with Crippen LogP contribution in [0.5, 0.6) is 0 Å². The smallest absolute Gasteiger partial charge is 0.256 e. The van der Waals surface area contributed by atoms with Crippen LogP contribution in [0.4, 0.5) is 0 Å². The third-order valence-corrected chi connectivity index (χ3v) is 4.17. The van der Waals surface area contributed by atoms with Gasteiger partial charge in [-0.2, -0.15) is 0 Å². The molecular formula is C17H18N4O2. The van der Waals surface area contributed by atoms with Crippen molar-refractivity contribution in [2.75, 3.05) is 26.3 Å². The van der Waals surface area contributed by atoms with E-state index >= 15 is 0 Å². The molecule has 0 saturated carbocycles. The molecule has 0 unspecified atom stereocenters. The highest BCUT2D eigenvalue weighted by molar-refractivity contribution is 6.02. The lowest BCUT2D eigenvalue weighted by molar-refractivity contribution is 0.0304. The highest BCUT2D eigenvalue weighted by Crippen LogP contribution is 2.26. The van der Waals surface area contributed by atoms with Gasteiger partial charge in [0.25, 0.3) is 5.91 Å². The minimum atomic E-state index is 0.0548. The predicted molar refractivity (Wildman–Crippen MR) is 86.3 cm³/mol. The molecule has 0 aliphatic carbocycles. The van der Waals surface area contributed by atoms with Crippen molar-refractivity contribution < 1.29 is 9.53 Å². The summed E-state index contributed by atoms with van der Waals surface area (Å²) in [5.74, 6) is 0.0548. The summed E-state index contributed by atoms with van der Waals surface area (Å²) < 4.78 is 9.27. The van der Waals surface area contributed by atoms with E-state index in [1.807, 2.05) is 57.6 Å². The van der Waals surface area contributed by atoms with Gasteiger partial charge in [-0.05, 0) is 18.2 Å². The Morgan fingerprint density at radius 2 is 2.09 bits per heavy atom. The molecule has 1 amide bonds. The van der Waals surface area contributed by atoms with Crippen LogP contribution in [0.25, 0.3) is 16.9 Å². The first kappa shape index (κ1) is 14.0. The van der Waals surface area contributed by atoms with Crippen LogP contribution < -0.4 is 0 Å². The van der Waals surface area contributed by atoms with Gasteiger partial charge in [0.2, 0.25) is 0 Å². The van der Waals surface area contributed by atoms with Crippen LogP contribution >= 0.6 is 0 Å². The molecule has 6 nitrogen and oxygen atoms in total. The number of aromatic nitrogens is 3. The van der Waals surface area contributed by atoms with E-state index in [-0.39, 0.29) is 5.91 Å². The fraction of sp³-hybridized carbons (Fsp3) is 0.294. The Morgan fingerprint density at radius 3 is 2.83 bits per heavy atom. The summed E-state index contributed by atoms with van der Waals surface area (Å²) in [5.41, 5.74) is 3.41. The van der Waals surface area contributed by atoms with Gasteiger partial charge >= 0.3 is 0 Å². The maximum Gasteiger partial charge on any atom is 0.256 e. The molecule has 3 aromatic rings. The van der Waals surface area contributed by atoms with E-state index in [4.69, 9.17) is 4.74 Å². The number of carbonyl (C=O) groups is 1. The third kappa shape index (κ3) is 2.41. The van der Waals surface area contributed by atoms with Crippen molar-refractivity contribution in [3.8, 4) is 11.4 Å². The van der Waals surface area contributed by atoms with Gasteiger partial charge in [-0.1, -0.05) is 6.07 Å². The van der Waals surface area contributed by atoms with E-state index < -0.39 is 0 Å². The molecule has 0 radical (unpaired) electrons. The molecule has 1 saturated heterocycles. The van der Waals surface area contributed by atoms with Crippen molar-refractivity contribution in [2.45, 2.75) is 0 Å². The standard InChI is InChI=1S/C17H18N4O2/c1-19-11-14(18-12-19)16-10-13(15-4-2-3-5-21(15)16)17(22)20-6-8-23-9-7-20/h2-5,10-12H,6-9H2,1H3. The maximum atomic E-state index is 12.9.